The van der Waals surface area contributed by atoms with Crippen LogP contribution in [0.5, 0.6) is 0 Å². The third-order valence-electron chi connectivity index (χ3n) is 2.55. The lowest BCUT2D eigenvalue weighted by molar-refractivity contribution is 0.0521. The van der Waals surface area contributed by atoms with Gasteiger partial charge in [0.15, 0.2) is 0 Å². The van der Waals surface area contributed by atoms with Crippen molar-refractivity contribution in [3.8, 4) is 0 Å². The summed E-state index contributed by atoms with van der Waals surface area (Å²) < 4.78 is 8.21. The highest BCUT2D eigenvalue weighted by atomic mass is 32.2. The molecule has 0 aliphatic carbocycles. The quantitative estimate of drug-likeness (QED) is 0.654. The molecule has 0 atom stereocenters. The Morgan fingerprint density at radius 1 is 1.25 bits per heavy atom. The van der Waals surface area contributed by atoms with Crippen molar-refractivity contribution < 1.29 is 9.53 Å². The molecule has 20 heavy (non-hydrogen) atoms. The molecule has 0 amide bonds. The molecule has 0 saturated carbocycles. The number of rotatable bonds is 6. The Labute approximate surface area is 122 Å². The lowest BCUT2D eigenvalue weighted by Gasteiger charge is -2.08. The second-order valence-corrected chi connectivity index (χ2v) is 4.86. The minimum absolute atomic E-state index is 0.343. The van der Waals surface area contributed by atoms with Crippen molar-refractivity contribution in [3.63, 3.8) is 0 Å². The number of carbonyl (C=O) groups is 1. The van der Waals surface area contributed by atoms with E-state index in [4.69, 9.17) is 4.74 Å². The second-order valence-electron chi connectivity index (χ2n) is 3.99. The van der Waals surface area contributed by atoms with Crippen LogP contribution < -0.4 is 4.72 Å². The van der Waals surface area contributed by atoms with Gasteiger partial charge in [-0.2, -0.15) is 0 Å². The van der Waals surface area contributed by atoms with E-state index in [1.165, 1.54) is 17.5 Å². The number of nitrogens with zero attached hydrogens (tertiary/aromatic N) is 1. The number of pyridine rings is 1. The molecular weight excluding hydrogens is 272 g/mol. The number of hydrogen-bond donors (Lipinski definition) is 1. The van der Waals surface area contributed by atoms with Crippen LogP contribution in [0.3, 0.4) is 0 Å². The molecule has 4 nitrogen and oxygen atoms in total. The maximum atomic E-state index is 11.8. The van der Waals surface area contributed by atoms with Gasteiger partial charge in [0, 0.05) is 12.7 Å². The van der Waals surface area contributed by atoms with E-state index >= 15 is 0 Å². The Morgan fingerprint density at radius 2 is 2.05 bits per heavy atom. The summed E-state index contributed by atoms with van der Waals surface area (Å²) in [5, 5.41) is 0.627. The van der Waals surface area contributed by atoms with Gasteiger partial charge in [0.2, 0.25) is 0 Å². The number of aromatic nitrogens is 1. The van der Waals surface area contributed by atoms with E-state index in [1.807, 2.05) is 30.3 Å². The van der Waals surface area contributed by atoms with E-state index in [0.29, 0.717) is 23.7 Å². The van der Waals surface area contributed by atoms with Crippen molar-refractivity contribution in [1.82, 2.24) is 9.71 Å². The van der Waals surface area contributed by atoms with Gasteiger partial charge in [0.25, 0.3) is 0 Å². The molecule has 0 radical (unpaired) electrons. The van der Waals surface area contributed by atoms with Crippen LogP contribution in [-0.4, -0.2) is 17.6 Å². The van der Waals surface area contributed by atoms with Crippen LogP contribution in [0.1, 0.15) is 22.8 Å². The highest BCUT2D eigenvalue weighted by molar-refractivity contribution is 7.97. The predicted octanol–water partition coefficient (Wildman–Crippen LogP) is 3.06. The van der Waals surface area contributed by atoms with E-state index in [9.17, 15) is 4.79 Å². The summed E-state index contributed by atoms with van der Waals surface area (Å²) in [5.74, 6) is -0.343. The Hall–Kier alpha value is -1.85. The topological polar surface area (TPSA) is 51.2 Å². The van der Waals surface area contributed by atoms with E-state index in [0.717, 1.165) is 0 Å². The van der Waals surface area contributed by atoms with Crippen LogP contribution in [0, 0.1) is 0 Å². The van der Waals surface area contributed by atoms with Crippen molar-refractivity contribution in [2.75, 3.05) is 6.61 Å². The zero-order valence-corrected chi connectivity index (χ0v) is 12.0. The molecule has 1 N–H and O–H groups in total. The van der Waals surface area contributed by atoms with Crippen molar-refractivity contribution in [1.29, 1.82) is 0 Å². The fourth-order valence-corrected chi connectivity index (χ4v) is 2.37. The van der Waals surface area contributed by atoms with Crippen molar-refractivity contribution in [2.24, 2.45) is 0 Å². The SMILES string of the molecule is CCOC(=O)c1cccnc1SNCc1ccccc1. The van der Waals surface area contributed by atoms with E-state index < -0.39 is 0 Å². The third kappa shape index (κ3) is 4.08. The van der Waals surface area contributed by atoms with Gasteiger partial charge < -0.3 is 4.74 Å². The summed E-state index contributed by atoms with van der Waals surface area (Å²) in [5.41, 5.74) is 1.66. The lowest BCUT2D eigenvalue weighted by Crippen LogP contribution is -2.10. The maximum Gasteiger partial charge on any atom is 0.340 e. The third-order valence-corrected chi connectivity index (χ3v) is 3.36. The fourth-order valence-electron chi connectivity index (χ4n) is 1.62. The summed E-state index contributed by atoms with van der Waals surface area (Å²) >= 11 is 1.33. The van der Waals surface area contributed by atoms with Gasteiger partial charge in [-0.05, 0) is 36.6 Å². The number of benzene rings is 1. The van der Waals surface area contributed by atoms with Gasteiger partial charge in [-0.3, -0.25) is 4.72 Å². The van der Waals surface area contributed by atoms with Gasteiger partial charge in [0.1, 0.15) is 5.03 Å². The minimum atomic E-state index is -0.343. The normalized spacial score (nSPS) is 10.2. The van der Waals surface area contributed by atoms with Crippen LogP contribution in [0.15, 0.2) is 53.7 Å². The first-order valence-corrected chi connectivity index (χ1v) is 7.18. The molecule has 5 heteroatoms. The van der Waals surface area contributed by atoms with Crippen LogP contribution in [-0.2, 0) is 11.3 Å². The van der Waals surface area contributed by atoms with Crippen LogP contribution in [0.2, 0.25) is 0 Å². The molecule has 1 aromatic carbocycles. The summed E-state index contributed by atoms with van der Waals surface area (Å²) in [4.78, 5) is 16.0. The highest BCUT2D eigenvalue weighted by Crippen LogP contribution is 2.18. The summed E-state index contributed by atoms with van der Waals surface area (Å²) in [6, 6.07) is 13.5. The summed E-state index contributed by atoms with van der Waals surface area (Å²) in [6.07, 6.45) is 1.66. The summed E-state index contributed by atoms with van der Waals surface area (Å²) in [6.45, 7) is 2.84. The average Bonchev–Trinajstić information content (AvgIpc) is 2.49. The van der Waals surface area contributed by atoms with Crippen molar-refractivity contribution in [2.45, 2.75) is 18.5 Å². The first-order chi connectivity index (χ1) is 9.81. The molecule has 2 rings (SSSR count). The van der Waals surface area contributed by atoms with Crippen LogP contribution >= 0.6 is 11.9 Å². The largest absolute Gasteiger partial charge is 0.462 e. The Kier molecular flexibility index (Phi) is 5.58. The summed E-state index contributed by atoms with van der Waals surface area (Å²) in [7, 11) is 0. The van der Waals surface area contributed by atoms with E-state index in [2.05, 4.69) is 9.71 Å². The molecule has 1 heterocycles. The standard InChI is InChI=1S/C15H16N2O2S/c1-2-19-15(18)13-9-6-10-16-14(13)20-17-11-12-7-4-3-5-8-12/h3-10,17H,2,11H2,1H3. The number of nitrogens with one attached hydrogen (secondary N) is 1. The Bertz CT molecular complexity index is 561. The zero-order chi connectivity index (χ0) is 14.2. The average molecular weight is 288 g/mol. The molecule has 2 aromatic rings. The molecule has 0 spiro atoms. The molecule has 0 aliphatic heterocycles. The van der Waals surface area contributed by atoms with E-state index in [1.54, 1.807) is 25.3 Å². The Balaban J connectivity index is 1.97. The maximum absolute atomic E-state index is 11.8. The number of ether oxygens (including phenoxy) is 1. The van der Waals surface area contributed by atoms with Gasteiger partial charge >= 0.3 is 5.97 Å². The fraction of sp³-hybridized carbons (Fsp3) is 0.200. The number of hydrogen-bond acceptors (Lipinski definition) is 5. The number of carbonyl (C=O) groups excluding carboxylic acids is 1. The molecule has 104 valence electrons. The monoisotopic (exact) mass is 288 g/mol. The van der Waals surface area contributed by atoms with Gasteiger partial charge in [-0.15, -0.1) is 0 Å². The first-order valence-electron chi connectivity index (χ1n) is 6.37. The molecular formula is C15H16N2O2S. The Morgan fingerprint density at radius 3 is 2.80 bits per heavy atom. The van der Waals surface area contributed by atoms with Crippen molar-refractivity contribution >= 4 is 17.9 Å². The smallest absolute Gasteiger partial charge is 0.340 e. The van der Waals surface area contributed by atoms with Crippen LogP contribution in [0.25, 0.3) is 0 Å². The first kappa shape index (κ1) is 14.6. The van der Waals surface area contributed by atoms with Gasteiger partial charge in [-0.25, -0.2) is 9.78 Å². The molecule has 0 saturated heterocycles. The van der Waals surface area contributed by atoms with E-state index in [-0.39, 0.29) is 5.97 Å². The molecule has 0 aliphatic rings. The second kappa shape index (κ2) is 7.67. The predicted molar refractivity (Wildman–Crippen MR) is 79.3 cm³/mol. The minimum Gasteiger partial charge on any atom is -0.462 e. The van der Waals surface area contributed by atoms with Gasteiger partial charge in [-0.1, -0.05) is 30.3 Å². The molecule has 1 aromatic heterocycles. The molecule has 0 bridgehead atoms. The zero-order valence-electron chi connectivity index (χ0n) is 11.2. The highest BCUT2D eigenvalue weighted by Gasteiger charge is 2.13. The van der Waals surface area contributed by atoms with Crippen molar-refractivity contribution in [3.05, 3.63) is 59.8 Å². The molecule has 0 unspecified atom stereocenters. The van der Waals surface area contributed by atoms with Gasteiger partial charge in [0.05, 0.1) is 12.2 Å². The number of esters is 1. The van der Waals surface area contributed by atoms with Crippen LogP contribution in [0.4, 0.5) is 0 Å². The lowest BCUT2D eigenvalue weighted by atomic mass is 10.2. The molecule has 0 fully saturated rings.